The van der Waals surface area contributed by atoms with Crippen LogP contribution in [-0.2, 0) is 6.42 Å². The van der Waals surface area contributed by atoms with Crippen molar-refractivity contribution in [1.82, 2.24) is 15.5 Å². The number of nitrogens with one attached hydrogen (secondary N) is 1. The highest BCUT2D eigenvalue weighted by Gasteiger charge is 2.27. The molecule has 0 spiro atoms. The lowest BCUT2D eigenvalue weighted by Crippen LogP contribution is -2.42. The van der Waals surface area contributed by atoms with Gasteiger partial charge >= 0.3 is 0 Å². The van der Waals surface area contributed by atoms with Crippen LogP contribution in [0.3, 0.4) is 0 Å². The molecule has 0 amide bonds. The van der Waals surface area contributed by atoms with Crippen LogP contribution in [0.4, 0.5) is 0 Å². The van der Waals surface area contributed by atoms with Crippen LogP contribution in [0.2, 0.25) is 0 Å². The third-order valence-electron chi connectivity index (χ3n) is 4.52. The third kappa shape index (κ3) is 4.80. The zero-order valence-electron chi connectivity index (χ0n) is 14.1. The van der Waals surface area contributed by atoms with E-state index in [9.17, 15) is 0 Å². The van der Waals surface area contributed by atoms with Crippen LogP contribution < -0.4 is 5.32 Å². The first-order valence-electron chi connectivity index (χ1n) is 8.56. The fourth-order valence-electron chi connectivity index (χ4n) is 3.06. The van der Waals surface area contributed by atoms with Crippen molar-refractivity contribution in [2.24, 2.45) is 5.41 Å². The van der Waals surface area contributed by atoms with Gasteiger partial charge in [0.15, 0.2) is 5.82 Å². The molecule has 120 valence electrons. The van der Waals surface area contributed by atoms with Crippen molar-refractivity contribution < 1.29 is 4.52 Å². The first kappa shape index (κ1) is 16.5. The van der Waals surface area contributed by atoms with Gasteiger partial charge in [0.05, 0.1) is 0 Å². The minimum Gasteiger partial charge on any atom is -0.339 e. The molecule has 21 heavy (non-hydrogen) atoms. The molecule has 1 aliphatic rings. The predicted octanol–water partition coefficient (Wildman–Crippen LogP) is 4.07. The Kier molecular flexibility index (Phi) is 5.80. The third-order valence-corrected chi connectivity index (χ3v) is 4.52. The van der Waals surface area contributed by atoms with Crippen LogP contribution in [0.5, 0.6) is 0 Å². The van der Waals surface area contributed by atoms with Gasteiger partial charge in [0.1, 0.15) is 0 Å². The summed E-state index contributed by atoms with van der Waals surface area (Å²) in [6, 6.07) is 0.372. The van der Waals surface area contributed by atoms with Gasteiger partial charge in [0.25, 0.3) is 0 Å². The van der Waals surface area contributed by atoms with Gasteiger partial charge < -0.3 is 9.84 Å². The molecule has 1 heterocycles. The summed E-state index contributed by atoms with van der Waals surface area (Å²) >= 11 is 0. The maximum absolute atomic E-state index is 5.52. The van der Waals surface area contributed by atoms with E-state index >= 15 is 0 Å². The largest absolute Gasteiger partial charge is 0.339 e. The van der Waals surface area contributed by atoms with Gasteiger partial charge in [-0.2, -0.15) is 4.98 Å². The van der Waals surface area contributed by atoms with Crippen molar-refractivity contribution in [3.05, 3.63) is 11.7 Å². The second-order valence-corrected chi connectivity index (χ2v) is 7.46. The Bertz CT molecular complexity index is 416. The summed E-state index contributed by atoms with van der Waals surface area (Å²) in [6.07, 6.45) is 8.36. The van der Waals surface area contributed by atoms with E-state index in [4.69, 9.17) is 4.52 Å². The first-order valence-corrected chi connectivity index (χ1v) is 8.56. The lowest BCUT2D eigenvalue weighted by Gasteiger charge is -2.30. The highest BCUT2D eigenvalue weighted by atomic mass is 16.5. The molecule has 0 aliphatic heterocycles. The molecular weight excluding hydrogens is 262 g/mol. The van der Waals surface area contributed by atoms with Gasteiger partial charge in [-0.1, -0.05) is 52.1 Å². The predicted molar refractivity (Wildman–Crippen MR) is 85.4 cm³/mol. The van der Waals surface area contributed by atoms with Crippen molar-refractivity contribution in [2.75, 3.05) is 6.54 Å². The Hall–Kier alpha value is -0.900. The number of aromatic nitrogens is 2. The number of rotatable bonds is 6. The lowest BCUT2D eigenvalue weighted by atomic mass is 9.84. The Morgan fingerprint density at radius 2 is 1.95 bits per heavy atom. The monoisotopic (exact) mass is 293 g/mol. The number of hydrogen-bond donors (Lipinski definition) is 1. The summed E-state index contributed by atoms with van der Waals surface area (Å²) in [4.78, 5) is 4.68. The molecule has 1 N–H and O–H groups in total. The summed E-state index contributed by atoms with van der Waals surface area (Å²) in [5.41, 5.74) is 0.189. The van der Waals surface area contributed by atoms with Gasteiger partial charge in [-0.15, -0.1) is 0 Å². The van der Waals surface area contributed by atoms with E-state index in [0.717, 1.165) is 31.1 Å². The fraction of sp³-hybridized carbons (Fsp3) is 0.882. The van der Waals surface area contributed by atoms with Crippen molar-refractivity contribution in [3.8, 4) is 0 Å². The van der Waals surface area contributed by atoms with E-state index in [1.54, 1.807) is 0 Å². The molecule has 0 bridgehead atoms. The van der Waals surface area contributed by atoms with Crippen LogP contribution in [-0.4, -0.2) is 22.7 Å². The summed E-state index contributed by atoms with van der Waals surface area (Å²) in [5, 5.41) is 7.86. The maximum atomic E-state index is 5.52. The SMILES string of the molecule is CCCNC(Cc1nc(C2CCCCC2)no1)C(C)(C)C. The minimum atomic E-state index is 0.189. The Morgan fingerprint density at radius 3 is 2.57 bits per heavy atom. The van der Waals surface area contributed by atoms with E-state index in [0.29, 0.717) is 12.0 Å². The molecule has 0 aromatic carbocycles. The molecule has 1 fully saturated rings. The zero-order valence-corrected chi connectivity index (χ0v) is 14.1. The van der Waals surface area contributed by atoms with E-state index in [-0.39, 0.29) is 5.41 Å². The fourth-order valence-corrected chi connectivity index (χ4v) is 3.06. The topological polar surface area (TPSA) is 51.0 Å². The van der Waals surface area contributed by atoms with Crippen molar-refractivity contribution in [3.63, 3.8) is 0 Å². The summed E-state index contributed by atoms with van der Waals surface area (Å²) in [5.74, 6) is 2.25. The second-order valence-electron chi connectivity index (χ2n) is 7.46. The van der Waals surface area contributed by atoms with Crippen LogP contribution in [0.1, 0.15) is 83.9 Å². The molecule has 0 saturated heterocycles. The molecule has 1 aromatic rings. The number of hydrogen-bond acceptors (Lipinski definition) is 4. The molecule has 4 nitrogen and oxygen atoms in total. The average molecular weight is 293 g/mol. The zero-order chi connectivity index (χ0) is 15.3. The van der Waals surface area contributed by atoms with Crippen LogP contribution in [0.15, 0.2) is 4.52 Å². The Morgan fingerprint density at radius 1 is 1.24 bits per heavy atom. The molecule has 1 atom stereocenters. The van der Waals surface area contributed by atoms with E-state index in [2.05, 4.69) is 43.2 Å². The minimum absolute atomic E-state index is 0.189. The van der Waals surface area contributed by atoms with Gasteiger partial charge in [-0.05, 0) is 31.2 Å². The van der Waals surface area contributed by atoms with E-state index in [1.165, 1.54) is 32.1 Å². The van der Waals surface area contributed by atoms with Crippen LogP contribution in [0.25, 0.3) is 0 Å². The molecule has 1 aliphatic carbocycles. The van der Waals surface area contributed by atoms with Crippen molar-refractivity contribution in [1.29, 1.82) is 0 Å². The smallest absolute Gasteiger partial charge is 0.228 e. The highest BCUT2D eigenvalue weighted by Crippen LogP contribution is 2.31. The molecule has 1 aromatic heterocycles. The summed E-state index contributed by atoms with van der Waals surface area (Å²) in [7, 11) is 0. The lowest BCUT2D eigenvalue weighted by molar-refractivity contribution is 0.244. The number of nitrogens with zero attached hydrogens (tertiary/aromatic N) is 2. The van der Waals surface area contributed by atoms with Crippen molar-refractivity contribution in [2.45, 2.75) is 84.6 Å². The molecule has 2 rings (SSSR count). The molecular formula is C17H31N3O. The van der Waals surface area contributed by atoms with E-state index < -0.39 is 0 Å². The average Bonchev–Trinajstić information content (AvgIpc) is 2.92. The first-order chi connectivity index (χ1) is 10.0. The normalized spacial score (nSPS) is 18.9. The standard InChI is InChI=1S/C17H31N3O/c1-5-11-18-14(17(2,3)4)12-15-19-16(20-21-15)13-9-7-6-8-10-13/h13-14,18H,5-12H2,1-4H3. The van der Waals surface area contributed by atoms with Gasteiger partial charge in [0, 0.05) is 18.4 Å². The van der Waals surface area contributed by atoms with Crippen molar-refractivity contribution >= 4 is 0 Å². The highest BCUT2D eigenvalue weighted by molar-refractivity contribution is 4.99. The van der Waals surface area contributed by atoms with Crippen LogP contribution >= 0.6 is 0 Å². The quantitative estimate of drug-likeness (QED) is 0.859. The van der Waals surface area contributed by atoms with Gasteiger partial charge in [-0.25, -0.2) is 0 Å². The molecule has 1 saturated carbocycles. The molecule has 0 radical (unpaired) electrons. The van der Waals surface area contributed by atoms with Gasteiger partial charge in [0.2, 0.25) is 5.89 Å². The molecule has 1 unspecified atom stereocenters. The second kappa shape index (κ2) is 7.39. The van der Waals surface area contributed by atoms with Gasteiger partial charge in [-0.3, -0.25) is 0 Å². The summed E-state index contributed by atoms with van der Waals surface area (Å²) in [6.45, 7) is 10.0. The Balaban J connectivity index is 1.98. The molecule has 4 heteroatoms. The summed E-state index contributed by atoms with van der Waals surface area (Å²) < 4.78 is 5.52. The van der Waals surface area contributed by atoms with E-state index in [1.807, 2.05) is 0 Å². The maximum Gasteiger partial charge on any atom is 0.228 e. The van der Waals surface area contributed by atoms with Crippen LogP contribution in [0, 0.1) is 5.41 Å². The Labute approximate surface area is 129 Å².